The number of aromatic nitrogens is 1. The minimum atomic E-state index is -2.99. The SMILES string of the molecule is Cc1cc(N[C@@H]2CCS(=O)(=O)C2)c2cc([N+](=O)[O-])ccc2n1. The van der Waals surface area contributed by atoms with Crippen LogP contribution in [0.3, 0.4) is 0 Å². The molecule has 0 radical (unpaired) electrons. The van der Waals surface area contributed by atoms with Crippen LogP contribution in [-0.2, 0) is 9.84 Å². The summed E-state index contributed by atoms with van der Waals surface area (Å²) in [5.41, 5.74) is 2.09. The summed E-state index contributed by atoms with van der Waals surface area (Å²) in [6, 6.07) is 6.11. The van der Waals surface area contributed by atoms with Crippen molar-refractivity contribution < 1.29 is 13.3 Å². The fraction of sp³-hybridized carbons (Fsp3) is 0.357. The van der Waals surface area contributed by atoms with Crippen molar-refractivity contribution >= 4 is 32.1 Å². The van der Waals surface area contributed by atoms with Crippen LogP contribution in [0.15, 0.2) is 24.3 Å². The van der Waals surface area contributed by atoms with Gasteiger partial charge in [0.15, 0.2) is 9.84 Å². The van der Waals surface area contributed by atoms with Gasteiger partial charge in [-0.05, 0) is 25.5 Å². The lowest BCUT2D eigenvalue weighted by Crippen LogP contribution is -2.20. The number of nitro groups is 1. The number of fused-ring (bicyclic) bond motifs is 1. The summed E-state index contributed by atoms with van der Waals surface area (Å²) in [6.45, 7) is 1.83. The molecule has 0 unspecified atom stereocenters. The highest BCUT2D eigenvalue weighted by Gasteiger charge is 2.28. The molecule has 2 aromatic rings. The molecule has 1 N–H and O–H groups in total. The topological polar surface area (TPSA) is 102 Å². The highest BCUT2D eigenvalue weighted by molar-refractivity contribution is 7.91. The quantitative estimate of drug-likeness (QED) is 0.685. The zero-order valence-corrected chi connectivity index (χ0v) is 12.8. The molecule has 3 rings (SSSR count). The van der Waals surface area contributed by atoms with Gasteiger partial charge in [-0.3, -0.25) is 15.1 Å². The van der Waals surface area contributed by atoms with Crippen LogP contribution in [0, 0.1) is 17.0 Å². The largest absolute Gasteiger partial charge is 0.381 e. The molecule has 116 valence electrons. The molecule has 0 spiro atoms. The number of hydrogen-bond donors (Lipinski definition) is 1. The van der Waals surface area contributed by atoms with Gasteiger partial charge in [0.1, 0.15) is 0 Å². The van der Waals surface area contributed by atoms with E-state index in [0.717, 1.165) is 5.69 Å². The van der Waals surface area contributed by atoms with Crippen molar-refractivity contribution in [1.82, 2.24) is 4.98 Å². The Morgan fingerprint density at radius 2 is 2.14 bits per heavy atom. The van der Waals surface area contributed by atoms with Crippen molar-refractivity contribution in [2.45, 2.75) is 19.4 Å². The minimum Gasteiger partial charge on any atom is -0.381 e. The molecule has 22 heavy (non-hydrogen) atoms. The van der Waals surface area contributed by atoms with Crippen molar-refractivity contribution in [1.29, 1.82) is 0 Å². The van der Waals surface area contributed by atoms with Gasteiger partial charge in [0.25, 0.3) is 5.69 Å². The number of pyridine rings is 1. The molecule has 1 aromatic carbocycles. The highest BCUT2D eigenvalue weighted by atomic mass is 32.2. The van der Waals surface area contributed by atoms with Crippen LogP contribution in [0.4, 0.5) is 11.4 Å². The lowest BCUT2D eigenvalue weighted by Gasteiger charge is -2.15. The molecule has 2 heterocycles. The Bertz CT molecular complexity index is 864. The van der Waals surface area contributed by atoms with E-state index in [-0.39, 0.29) is 23.2 Å². The van der Waals surface area contributed by atoms with Gasteiger partial charge in [0, 0.05) is 34.9 Å². The number of benzene rings is 1. The van der Waals surface area contributed by atoms with Crippen molar-refractivity contribution in [3.63, 3.8) is 0 Å². The fourth-order valence-electron chi connectivity index (χ4n) is 2.71. The minimum absolute atomic E-state index is 0.0137. The summed E-state index contributed by atoms with van der Waals surface area (Å²) in [5.74, 6) is 0.262. The maximum Gasteiger partial charge on any atom is 0.270 e. The molecule has 1 atom stereocenters. The zero-order valence-electron chi connectivity index (χ0n) is 11.9. The number of nitrogens with zero attached hydrogens (tertiary/aromatic N) is 2. The van der Waals surface area contributed by atoms with Crippen molar-refractivity contribution in [3.8, 4) is 0 Å². The van der Waals surface area contributed by atoms with Crippen LogP contribution in [0.1, 0.15) is 12.1 Å². The second-order valence-corrected chi connectivity index (χ2v) is 7.74. The van der Waals surface area contributed by atoms with Crippen molar-refractivity contribution in [2.24, 2.45) is 0 Å². The molecule has 1 aromatic heterocycles. The molecule has 0 aliphatic carbocycles. The molecule has 8 heteroatoms. The van der Waals surface area contributed by atoms with E-state index in [9.17, 15) is 18.5 Å². The second kappa shape index (κ2) is 5.20. The van der Waals surface area contributed by atoms with Crippen LogP contribution in [0.25, 0.3) is 10.9 Å². The van der Waals surface area contributed by atoms with Gasteiger partial charge in [-0.25, -0.2) is 8.42 Å². The Morgan fingerprint density at radius 1 is 1.36 bits per heavy atom. The van der Waals surface area contributed by atoms with Gasteiger partial charge in [0.05, 0.1) is 21.9 Å². The molecule has 0 amide bonds. The molecular weight excluding hydrogens is 306 g/mol. The Kier molecular flexibility index (Phi) is 3.48. The first-order valence-corrected chi connectivity index (χ1v) is 8.69. The summed E-state index contributed by atoms with van der Waals surface area (Å²) in [5, 5.41) is 14.8. The summed E-state index contributed by atoms with van der Waals surface area (Å²) in [7, 11) is -2.99. The number of non-ortho nitro benzene ring substituents is 1. The standard InChI is InChI=1S/C14H15N3O4S/c1-9-6-14(16-10-4-5-22(20,21)8-10)12-7-11(17(18)19)2-3-13(12)15-9/h2-3,6-7,10H,4-5,8H2,1H3,(H,15,16)/t10-/m1/s1. The Hall–Kier alpha value is -2.22. The van der Waals surface area contributed by atoms with E-state index in [1.807, 2.05) is 6.92 Å². The predicted molar refractivity (Wildman–Crippen MR) is 83.8 cm³/mol. The molecule has 7 nitrogen and oxygen atoms in total. The first-order chi connectivity index (χ1) is 10.3. The lowest BCUT2D eigenvalue weighted by molar-refractivity contribution is -0.384. The van der Waals surface area contributed by atoms with Gasteiger partial charge in [0.2, 0.25) is 0 Å². The Morgan fingerprint density at radius 3 is 2.77 bits per heavy atom. The third-order valence-electron chi connectivity index (χ3n) is 3.72. The Balaban J connectivity index is 2.03. The van der Waals surface area contributed by atoms with E-state index in [4.69, 9.17) is 0 Å². The number of hydrogen-bond acceptors (Lipinski definition) is 6. The van der Waals surface area contributed by atoms with E-state index < -0.39 is 14.8 Å². The third kappa shape index (κ3) is 2.87. The first-order valence-electron chi connectivity index (χ1n) is 6.87. The van der Waals surface area contributed by atoms with E-state index >= 15 is 0 Å². The van der Waals surface area contributed by atoms with Crippen LogP contribution >= 0.6 is 0 Å². The van der Waals surface area contributed by atoms with Gasteiger partial charge < -0.3 is 5.32 Å². The fourth-order valence-corrected chi connectivity index (χ4v) is 4.38. The Labute approximate surface area is 127 Å². The van der Waals surface area contributed by atoms with Crippen molar-refractivity contribution in [3.05, 3.63) is 40.1 Å². The number of nitrogens with one attached hydrogen (secondary N) is 1. The maximum absolute atomic E-state index is 11.6. The molecule has 0 saturated carbocycles. The number of nitro benzene ring substituents is 1. The van der Waals surface area contributed by atoms with E-state index in [2.05, 4.69) is 10.3 Å². The number of anilines is 1. The van der Waals surface area contributed by atoms with Crippen LogP contribution in [-0.4, -0.2) is 35.9 Å². The van der Waals surface area contributed by atoms with E-state index in [1.54, 1.807) is 12.1 Å². The normalized spacial score (nSPS) is 20.1. The molecule has 1 fully saturated rings. The second-order valence-electron chi connectivity index (χ2n) is 5.51. The number of aryl methyl sites for hydroxylation is 1. The van der Waals surface area contributed by atoms with Crippen LogP contribution < -0.4 is 5.32 Å². The summed E-state index contributed by atoms with van der Waals surface area (Å²) in [6.07, 6.45) is 0.542. The monoisotopic (exact) mass is 321 g/mol. The van der Waals surface area contributed by atoms with Gasteiger partial charge in [-0.15, -0.1) is 0 Å². The third-order valence-corrected chi connectivity index (χ3v) is 5.49. The van der Waals surface area contributed by atoms with Crippen LogP contribution in [0.2, 0.25) is 0 Å². The highest BCUT2D eigenvalue weighted by Crippen LogP contribution is 2.29. The molecule has 1 aliphatic heterocycles. The van der Waals surface area contributed by atoms with Crippen molar-refractivity contribution in [2.75, 3.05) is 16.8 Å². The average molecular weight is 321 g/mol. The summed E-state index contributed by atoms with van der Waals surface area (Å²) < 4.78 is 23.1. The van der Waals surface area contributed by atoms with Gasteiger partial charge in [-0.2, -0.15) is 0 Å². The average Bonchev–Trinajstić information content (AvgIpc) is 2.77. The number of rotatable bonds is 3. The van der Waals surface area contributed by atoms with Gasteiger partial charge >= 0.3 is 0 Å². The molecule has 0 bridgehead atoms. The summed E-state index contributed by atoms with van der Waals surface area (Å²) >= 11 is 0. The molecule has 1 aliphatic rings. The zero-order chi connectivity index (χ0) is 15.9. The molecular formula is C14H15N3O4S. The lowest BCUT2D eigenvalue weighted by atomic mass is 10.1. The van der Waals surface area contributed by atoms with Gasteiger partial charge in [-0.1, -0.05) is 0 Å². The molecule has 1 saturated heterocycles. The smallest absolute Gasteiger partial charge is 0.270 e. The maximum atomic E-state index is 11.6. The number of sulfone groups is 1. The van der Waals surface area contributed by atoms with Crippen LogP contribution in [0.5, 0.6) is 0 Å². The van der Waals surface area contributed by atoms with E-state index in [0.29, 0.717) is 23.0 Å². The summed E-state index contributed by atoms with van der Waals surface area (Å²) in [4.78, 5) is 14.8. The predicted octanol–water partition coefficient (Wildman–Crippen LogP) is 2.05. The van der Waals surface area contributed by atoms with E-state index in [1.165, 1.54) is 12.1 Å². The first kappa shape index (κ1) is 14.7.